The van der Waals surface area contributed by atoms with Gasteiger partial charge in [0.05, 0.1) is 0 Å². The fraction of sp³-hybridized carbons (Fsp3) is 0.346. The van der Waals surface area contributed by atoms with Crippen LogP contribution in [0.4, 0.5) is 0 Å². The molecule has 2 bridgehead atoms. The van der Waals surface area contributed by atoms with Crippen LogP contribution in [0.5, 0.6) is 0 Å². The maximum Gasteiger partial charge on any atom is 0.283 e. The van der Waals surface area contributed by atoms with Gasteiger partial charge in [-0.3, -0.25) is 28.5 Å². The minimum absolute atomic E-state index is 0.000166. The predicted molar refractivity (Wildman–Crippen MR) is 123 cm³/mol. The summed E-state index contributed by atoms with van der Waals surface area (Å²) in [5.41, 5.74) is -5.52. The Labute approximate surface area is 192 Å². The molecule has 6 nitrogen and oxygen atoms in total. The van der Waals surface area contributed by atoms with E-state index in [0.29, 0.717) is 11.1 Å². The summed E-state index contributed by atoms with van der Waals surface area (Å²) >= 11 is 0. The van der Waals surface area contributed by atoms with Gasteiger partial charge in [0.15, 0.2) is 0 Å². The van der Waals surface area contributed by atoms with Gasteiger partial charge in [0.1, 0.15) is 5.41 Å². The highest BCUT2D eigenvalue weighted by atomic mass is 31.2. The van der Waals surface area contributed by atoms with E-state index in [1.165, 1.54) is 12.1 Å². The molecule has 2 saturated carbocycles. The highest BCUT2D eigenvalue weighted by Crippen LogP contribution is 2.70. The maximum absolute atomic E-state index is 14.6. The van der Waals surface area contributed by atoms with Crippen molar-refractivity contribution in [2.24, 2.45) is 16.7 Å². The molecular weight excluding hydrogens is 439 g/mol. The summed E-state index contributed by atoms with van der Waals surface area (Å²) in [6.45, 7) is 6.48. The van der Waals surface area contributed by atoms with E-state index in [1.54, 1.807) is 64.1 Å². The van der Waals surface area contributed by atoms with Gasteiger partial charge in [-0.05, 0) is 43.2 Å². The molecule has 0 spiro atoms. The lowest BCUT2D eigenvalue weighted by molar-refractivity contribution is -0.145. The normalized spacial score (nSPS) is 23.6. The fourth-order valence-electron chi connectivity index (χ4n) is 5.56. The van der Waals surface area contributed by atoms with Crippen LogP contribution in [0.25, 0.3) is 0 Å². The predicted octanol–water partition coefficient (Wildman–Crippen LogP) is 4.75. The molecule has 33 heavy (non-hydrogen) atoms. The first-order chi connectivity index (χ1) is 15.4. The number of hydrogen-bond acceptors (Lipinski definition) is 6. The van der Waals surface area contributed by atoms with Crippen molar-refractivity contribution in [1.82, 2.24) is 0 Å². The van der Waals surface area contributed by atoms with Crippen LogP contribution < -0.4 is 0 Å². The van der Waals surface area contributed by atoms with Gasteiger partial charge in [0.2, 0.25) is 28.1 Å². The summed E-state index contributed by atoms with van der Waals surface area (Å²) in [5.74, 6) is -2.30. The number of ketones is 2. The van der Waals surface area contributed by atoms with Crippen LogP contribution >= 0.6 is 7.14 Å². The Morgan fingerprint density at radius 3 is 1.70 bits per heavy atom. The monoisotopic (exact) mass is 464 g/mol. The highest BCUT2D eigenvalue weighted by Gasteiger charge is 2.76. The summed E-state index contributed by atoms with van der Waals surface area (Å²) in [4.78, 5) is 67.5. The zero-order valence-electron chi connectivity index (χ0n) is 19.0. The number of Topliss-reactive ketones (excluding diaryl/α,β-unsaturated/α-hetero) is 2. The number of hydrogen-bond donors (Lipinski definition) is 0. The number of aryl methyl sites for hydroxylation is 2. The molecule has 0 radical (unpaired) electrons. The molecule has 170 valence electrons. The average molecular weight is 464 g/mol. The second kappa shape index (κ2) is 7.53. The molecule has 2 atom stereocenters. The second-order valence-electron chi connectivity index (χ2n) is 9.57. The van der Waals surface area contributed by atoms with E-state index in [9.17, 15) is 28.5 Å². The third-order valence-corrected chi connectivity index (χ3v) is 10.3. The second-order valence-corrected chi connectivity index (χ2v) is 12.0. The van der Waals surface area contributed by atoms with Crippen molar-refractivity contribution in [3.8, 4) is 0 Å². The van der Waals surface area contributed by atoms with Gasteiger partial charge in [0.25, 0.3) is 7.14 Å². The smallest absolute Gasteiger partial charge is 0.283 e. The lowest BCUT2D eigenvalue weighted by atomic mass is 9.70. The van der Waals surface area contributed by atoms with Crippen LogP contribution in [0.3, 0.4) is 0 Å². The molecule has 0 aliphatic heterocycles. The summed E-state index contributed by atoms with van der Waals surface area (Å²) in [6, 6.07) is 12.6. The SMILES string of the molecule is Cc1ccccc1C(=O)P(=O)(C(=O)c1ccccc1C)C(=O)C12CCC(C(=O)C1=O)C2(C)C. The molecule has 4 rings (SSSR count). The lowest BCUT2D eigenvalue weighted by Crippen LogP contribution is -2.46. The number of rotatable bonds is 6. The van der Waals surface area contributed by atoms with Crippen LogP contribution in [0.2, 0.25) is 0 Å². The van der Waals surface area contributed by atoms with Crippen LogP contribution in [0, 0.1) is 30.6 Å². The molecule has 2 aliphatic carbocycles. The van der Waals surface area contributed by atoms with Crippen molar-refractivity contribution in [2.45, 2.75) is 40.5 Å². The van der Waals surface area contributed by atoms with E-state index < -0.39 is 52.0 Å². The quantitative estimate of drug-likeness (QED) is 0.347. The third kappa shape index (κ3) is 2.86. The standard InChI is InChI=1S/C26H25O6P/c1-15-9-5-7-11-17(15)22(29)33(32,23(30)18-12-8-6-10-16(18)2)24(31)26-14-13-19(25(26,3)4)20(27)21(26)28/h5-12,19H,13-14H2,1-4H3. The van der Waals surface area contributed by atoms with Crippen molar-refractivity contribution in [2.75, 3.05) is 0 Å². The Kier molecular flexibility index (Phi) is 5.29. The molecule has 0 saturated heterocycles. The number of carbonyl (C=O) groups is 5. The van der Waals surface area contributed by atoms with E-state index in [4.69, 9.17) is 0 Å². The first-order valence-corrected chi connectivity index (χ1v) is 12.6. The Morgan fingerprint density at radius 2 is 1.30 bits per heavy atom. The summed E-state index contributed by atoms with van der Waals surface area (Å²) < 4.78 is 14.6. The van der Waals surface area contributed by atoms with Crippen LogP contribution in [-0.2, 0) is 18.9 Å². The zero-order chi connectivity index (χ0) is 24.3. The van der Waals surface area contributed by atoms with Gasteiger partial charge in [-0.1, -0.05) is 62.4 Å². The zero-order valence-corrected chi connectivity index (χ0v) is 19.9. The van der Waals surface area contributed by atoms with E-state index >= 15 is 0 Å². The van der Waals surface area contributed by atoms with E-state index in [2.05, 4.69) is 0 Å². The largest absolute Gasteiger partial charge is 0.299 e. The van der Waals surface area contributed by atoms with Crippen molar-refractivity contribution in [3.05, 3.63) is 70.8 Å². The minimum atomic E-state index is -5.03. The molecule has 0 heterocycles. The van der Waals surface area contributed by atoms with E-state index in [0.717, 1.165) is 0 Å². The number of carbonyl (C=O) groups excluding carboxylic acids is 5. The Balaban J connectivity index is 1.98. The molecule has 2 aliphatic rings. The summed E-state index contributed by atoms with van der Waals surface area (Å²) in [6.07, 6.45) is 0.278. The van der Waals surface area contributed by atoms with Crippen molar-refractivity contribution < 1.29 is 28.5 Å². The van der Waals surface area contributed by atoms with Gasteiger partial charge in [-0.25, -0.2) is 0 Å². The molecule has 2 aromatic rings. The van der Waals surface area contributed by atoms with Gasteiger partial charge in [0, 0.05) is 17.0 Å². The van der Waals surface area contributed by atoms with Gasteiger partial charge in [-0.15, -0.1) is 0 Å². The minimum Gasteiger partial charge on any atom is -0.299 e. The number of fused-ring (bicyclic) bond motifs is 2. The molecule has 0 N–H and O–H groups in total. The highest BCUT2D eigenvalue weighted by molar-refractivity contribution is 8.07. The maximum atomic E-state index is 14.6. The molecule has 0 amide bonds. The van der Waals surface area contributed by atoms with Crippen molar-refractivity contribution in [1.29, 1.82) is 0 Å². The van der Waals surface area contributed by atoms with E-state index in [1.807, 2.05) is 0 Å². The molecular formula is C26H25O6P. The van der Waals surface area contributed by atoms with E-state index in [-0.39, 0.29) is 24.0 Å². The Morgan fingerprint density at radius 1 is 0.848 bits per heavy atom. The topological polar surface area (TPSA) is 102 Å². The third-order valence-electron chi connectivity index (χ3n) is 7.68. The van der Waals surface area contributed by atoms with Crippen LogP contribution in [0.15, 0.2) is 48.5 Å². The van der Waals surface area contributed by atoms with Crippen molar-refractivity contribution >= 4 is 35.3 Å². The summed E-state index contributed by atoms with van der Waals surface area (Å²) in [5, 5.41) is 0. The molecule has 7 heteroatoms. The first-order valence-electron chi connectivity index (χ1n) is 10.9. The fourth-order valence-corrected chi connectivity index (χ4v) is 8.34. The first kappa shape index (κ1) is 23.2. The average Bonchev–Trinajstić information content (AvgIpc) is 3.14. The molecule has 0 aromatic heterocycles. The van der Waals surface area contributed by atoms with Gasteiger partial charge >= 0.3 is 0 Å². The van der Waals surface area contributed by atoms with Crippen LogP contribution in [-0.4, -0.2) is 28.1 Å². The Hall–Kier alpha value is -2.98. The molecule has 2 unspecified atom stereocenters. The molecule has 2 fully saturated rings. The lowest BCUT2D eigenvalue weighted by Gasteiger charge is -2.35. The Bertz CT molecular complexity index is 1240. The van der Waals surface area contributed by atoms with Crippen LogP contribution in [0.1, 0.15) is 58.5 Å². The molecule has 2 aromatic carbocycles. The number of benzene rings is 2. The van der Waals surface area contributed by atoms with Crippen molar-refractivity contribution in [3.63, 3.8) is 0 Å². The van der Waals surface area contributed by atoms with Gasteiger partial charge in [-0.2, -0.15) is 0 Å². The summed E-state index contributed by atoms with van der Waals surface area (Å²) in [7, 11) is -5.03. The van der Waals surface area contributed by atoms with Gasteiger partial charge < -0.3 is 0 Å².